The van der Waals surface area contributed by atoms with Crippen molar-refractivity contribution in [1.82, 2.24) is 5.43 Å². The molecule has 0 atom stereocenters. The number of nitrogens with zero attached hydrogens (tertiary/aromatic N) is 1. The summed E-state index contributed by atoms with van der Waals surface area (Å²) in [6.45, 7) is 1.61. The Morgan fingerprint density at radius 2 is 1.53 bits per heavy atom. The second kappa shape index (κ2) is 12.1. The van der Waals surface area contributed by atoms with Crippen molar-refractivity contribution in [2.45, 2.75) is 6.92 Å². The number of anilines is 1. The maximum Gasteiger partial charge on any atom is 0.343 e. The van der Waals surface area contributed by atoms with Gasteiger partial charge in [-0.05, 0) is 61.5 Å². The number of benzene rings is 3. The molecule has 3 rings (SSSR count). The standard InChI is InChI=1S/C25H21Cl2N3O6/c1-14(29-30-24(32)23(31)28-19-6-4-5-18(26)22(19)27)16-9-12-20(21(13-16)35-3)36-25(33)15-7-10-17(34-2)11-8-15/h4-13H,1-3H3,(H,28,31)(H,30,32)/b29-14+. The van der Waals surface area contributed by atoms with E-state index in [1.807, 2.05) is 0 Å². The molecule has 0 radical (unpaired) electrons. The van der Waals surface area contributed by atoms with Crippen LogP contribution in [0.2, 0.25) is 10.0 Å². The lowest BCUT2D eigenvalue weighted by molar-refractivity contribution is -0.136. The Labute approximate surface area is 216 Å². The van der Waals surface area contributed by atoms with E-state index in [1.165, 1.54) is 26.4 Å². The zero-order valence-electron chi connectivity index (χ0n) is 19.4. The number of amides is 2. The van der Waals surface area contributed by atoms with Gasteiger partial charge < -0.3 is 19.5 Å². The molecule has 9 nitrogen and oxygen atoms in total. The Bertz CT molecular complexity index is 1330. The highest BCUT2D eigenvalue weighted by molar-refractivity contribution is 6.45. The fourth-order valence-electron chi connectivity index (χ4n) is 2.89. The highest BCUT2D eigenvalue weighted by Gasteiger charge is 2.17. The molecule has 0 saturated carbocycles. The first-order valence-corrected chi connectivity index (χ1v) is 11.1. The monoisotopic (exact) mass is 529 g/mol. The molecule has 186 valence electrons. The van der Waals surface area contributed by atoms with Crippen LogP contribution in [0.5, 0.6) is 17.2 Å². The molecule has 3 aromatic carbocycles. The summed E-state index contributed by atoms with van der Waals surface area (Å²) < 4.78 is 15.9. The van der Waals surface area contributed by atoms with Crippen LogP contribution in [0, 0.1) is 0 Å². The zero-order chi connectivity index (χ0) is 26.2. The van der Waals surface area contributed by atoms with Crippen molar-refractivity contribution in [2.24, 2.45) is 5.10 Å². The van der Waals surface area contributed by atoms with Crippen molar-refractivity contribution in [3.8, 4) is 17.2 Å². The van der Waals surface area contributed by atoms with E-state index in [-0.39, 0.29) is 27.2 Å². The first-order valence-electron chi connectivity index (χ1n) is 10.4. The number of methoxy groups -OCH3 is 2. The molecule has 36 heavy (non-hydrogen) atoms. The topological polar surface area (TPSA) is 115 Å². The SMILES string of the molecule is COc1ccc(C(=O)Oc2ccc(/C(C)=N/NC(=O)C(=O)Nc3cccc(Cl)c3Cl)cc2OC)cc1. The van der Waals surface area contributed by atoms with E-state index in [0.29, 0.717) is 22.6 Å². The number of ether oxygens (including phenoxy) is 3. The predicted molar refractivity (Wildman–Crippen MR) is 136 cm³/mol. The minimum atomic E-state index is -1.01. The van der Waals surface area contributed by atoms with Gasteiger partial charge in [-0.1, -0.05) is 29.3 Å². The van der Waals surface area contributed by atoms with Crippen molar-refractivity contribution >= 4 is 52.4 Å². The number of halogens is 2. The third kappa shape index (κ3) is 6.53. The largest absolute Gasteiger partial charge is 0.497 e. The lowest BCUT2D eigenvalue weighted by atomic mass is 10.1. The highest BCUT2D eigenvalue weighted by Crippen LogP contribution is 2.30. The quantitative estimate of drug-likeness (QED) is 0.150. The summed E-state index contributed by atoms with van der Waals surface area (Å²) in [4.78, 5) is 36.8. The third-order valence-corrected chi connectivity index (χ3v) is 5.66. The number of hydrogen-bond acceptors (Lipinski definition) is 7. The summed E-state index contributed by atoms with van der Waals surface area (Å²) in [5.74, 6) is -1.50. The molecular weight excluding hydrogens is 509 g/mol. The molecule has 0 heterocycles. The van der Waals surface area contributed by atoms with Crippen LogP contribution in [-0.2, 0) is 9.59 Å². The molecule has 0 saturated heterocycles. The Morgan fingerprint density at radius 1 is 0.833 bits per heavy atom. The van der Waals surface area contributed by atoms with Crippen LogP contribution in [0.3, 0.4) is 0 Å². The van der Waals surface area contributed by atoms with Crippen molar-refractivity contribution in [1.29, 1.82) is 0 Å². The lowest BCUT2D eigenvalue weighted by Gasteiger charge is -2.11. The van der Waals surface area contributed by atoms with Gasteiger partial charge in [-0.15, -0.1) is 0 Å². The van der Waals surface area contributed by atoms with E-state index in [2.05, 4.69) is 15.8 Å². The van der Waals surface area contributed by atoms with Crippen LogP contribution in [-0.4, -0.2) is 37.7 Å². The fraction of sp³-hybridized carbons (Fsp3) is 0.120. The summed E-state index contributed by atoms with van der Waals surface area (Å²) in [5.41, 5.74) is 3.61. The van der Waals surface area contributed by atoms with E-state index in [0.717, 1.165) is 0 Å². The first-order chi connectivity index (χ1) is 17.2. The number of rotatable bonds is 7. The van der Waals surface area contributed by atoms with Crippen molar-refractivity contribution in [2.75, 3.05) is 19.5 Å². The lowest BCUT2D eigenvalue weighted by Crippen LogP contribution is -2.33. The van der Waals surface area contributed by atoms with Gasteiger partial charge in [0.05, 0.1) is 41.2 Å². The van der Waals surface area contributed by atoms with E-state index in [4.69, 9.17) is 37.4 Å². The third-order valence-electron chi connectivity index (χ3n) is 4.84. The molecule has 0 fully saturated rings. The summed E-state index contributed by atoms with van der Waals surface area (Å²) in [6, 6.07) is 15.8. The Morgan fingerprint density at radius 3 is 2.19 bits per heavy atom. The minimum Gasteiger partial charge on any atom is -0.497 e. The van der Waals surface area contributed by atoms with Gasteiger partial charge in [-0.3, -0.25) is 9.59 Å². The molecule has 0 bridgehead atoms. The molecule has 0 unspecified atom stereocenters. The summed E-state index contributed by atoms with van der Waals surface area (Å²) in [5, 5.41) is 6.66. The summed E-state index contributed by atoms with van der Waals surface area (Å²) in [7, 11) is 2.95. The second-order valence-electron chi connectivity index (χ2n) is 7.18. The van der Waals surface area contributed by atoms with Gasteiger partial charge in [-0.2, -0.15) is 5.10 Å². The van der Waals surface area contributed by atoms with E-state index in [9.17, 15) is 14.4 Å². The van der Waals surface area contributed by atoms with Crippen LogP contribution in [0.25, 0.3) is 0 Å². The number of hydrogen-bond donors (Lipinski definition) is 2. The van der Waals surface area contributed by atoms with Gasteiger partial charge in [0.25, 0.3) is 0 Å². The van der Waals surface area contributed by atoms with E-state index in [1.54, 1.807) is 55.5 Å². The molecule has 0 aromatic heterocycles. The Kier molecular flexibility index (Phi) is 8.88. The van der Waals surface area contributed by atoms with Gasteiger partial charge >= 0.3 is 17.8 Å². The smallest absolute Gasteiger partial charge is 0.343 e. The predicted octanol–water partition coefficient (Wildman–Crippen LogP) is 4.71. The second-order valence-corrected chi connectivity index (χ2v) is 7.96. The molecule has 0 aliphatic rings. The molecular formula is C25H21Cl2N3O6. The Balaban J connectivity index is 1.67. The average Bonchev–Trinajstić information content (AvgIpc) is 2.89. The molecule has 2 amide bonds. The van der Waals surface area contributed by atoms with Crippen LogP contribution in [0.15, 0.2) is 65.8 Å². The summed E-state index contributed by atoms with van der Waals surface area (Å²) >= 11 is 11.9. The van der Waals surface area contributed by atoms with E-state index < -0.39 is 17.8 Å². The maximum absolute atomic E-state index is 12.5. The van der Waals surface area contributed by atoms with E-state index >= 15 is 0 Å². The van der Waals surface area contributed by atoms with Gasteiger partial charge in [0.2, 0.25) is 0 Å². The zero-order valence-corrected chi connectivity index (χ0v) is 20.9. The number of hydrazone groups is 1. The number of esters is 1. The minimum absolute atomic E-state index is 0.111. The van der Waals surface area contributed by atoms with Gasteiger partial charge in [0.15, 0.2) is 11.5 Å². The molecule has 0 aliphatic carbocycles. The number of carbonyl (C=O) groups is 3. The van der Waals surface area contributed by atoms with Crippen LogP contribution >= 0.6 is 23.2 Å². The van der Waals surface area contributed by atoms with Crippen LogP contribution in [0.1, 0.15) is 22.8 Å². The Hall–Kier alpha value is -4.08. The first kappa shape index (κ1) is 26.5. The molecule has 2 N–H and O–H groups in total. The maximum atomic E-state index is 12.5. The molecule has 0 spiro atoms. The number of carbonyl (C=O) groups excluding carboxylic acids is 3. The fourth-order valence-corrected chi connectivity index (χ4v) is 3.24. The van der Waals surface area contributed by atoms with Crippen LogP contribution < -0.4 is 25.0 Å². The summed E-state index contributed by atoms with van der Waals surface area (Å²) in [6.07, 6.45) is 0. The van der Waals surface area contributed by atoms with Gasteiger partial charge in [-0.25, -0.2) is 10.2 Å². The van der Waals surface area contributed by atoms with Gasteiger partial charge in [0.1, 0.15) is 5.75 Å². The van der Waals surface area contributed by atoms with Gasteiger partial charge in [0, 0.05) is 5.56 Å². The average molecular weight is 530 g/mol. The highest BCUT2D eigenvalue weighted by atomic mass is 35.5. The normalized spacial score (nSPS) is 10.9. The molecule has 0 aliphatic heterocycles. The van der Waals surface area contributed by atoms with Crippen molar-refractivity contribution < 1.29 is 28.6 Å². The van der Waals surface area contributed by atoms with Crippen molar-refractivity contribution in [3.63, 3.8) is 0 Å². The molecule has 11 heteroatoms. The number of nitrogens with one attached hydrogen (secondary N) is 2. The molecule has 3 aromatic rings. The van der Waals surface area contributed by atoms with Crippen molar-refractivity contribution in [3.05, 3.63) is 81.8 Å². The van der Waals surface area contributed by atoms with Crippen LogP contribution in [0.4, 0.5) is 5.69 Å².